The van der Waals surface area contributed by atoms with Crippen LogP contribution in [0.2, 0.25) is 0 Å². The van der Waals surface area contributed by atoms with Crippen molar-refractivity contribution in [3.63, 3.8) is 0 Å². The summed E-state index contributed by atoms with van der Waals surface area (Å²) in [4.78, 5) is 12.0. The van der Waals surface area contributed by atoms with Crippen LogP contribution in [0.3, 0.4) is 0 Å². The molecule has 11 heteroatoms. The molecule has 0 spiro atoms. The van der Waals surface area contributed by atoms with Crippen molar-refractivity contribution in [2.75, 3.05) is 5.32 Å². The summed E-state index contributed by atoms with van der Waals surface area (Å²) in [5, 5.41) is 15.9. The fourth-order valence-electron chi connectivity index (χ4n) is 2.14. The molecule has 132 valence electrons. The molecular weight excluding hydrogens is 339 g/mol. The van der Waals surface area contributed by atoms with Crippen molar-refractivity contribution in [3.05, 3.63) is 47.8 Å². The van der Waals surface area contributed by atoms with Crippen LogP contribution >= 0.6 is 0 Å². The summed E-state index contributed by atoms with van der Waals surface area (Å²) >= 11 is 0. The van der Waals surface area contributed by atoms with Gasteiger partial charge in [-0.05, 0) is 6.92 Å². The number of aryl methyl sites for hydroxylation is 1. The number of halogens is 3. The van der Waals surface area contributed by atoms with Crippen molar-refractivity contribution in [1.29, 1.82) is 0 Å². The Morgan fingerprint density at radius 3 is 2.64 bits per heavy atom. The lowest BCUT2D eigenvalue weighted by molar-refractivity contribution is -0.141. The van der Waals surface area contributed by atoms with E-state index in [1.165, 1.54) is 6.20 Å². The maximum Gasteiger partial charge on any atom is 0.432 e. The van der Waals surface area contributed by atoms with Gasteiger partial charge in [0, 0.05) is 30.6 Å². The van der Waals surface area contributed by atoms with Crippen molar-refractivity contribution >= 4 is 11.6 Å². The van der Waals surface area contributed by atoms with Crippen LogP contribution in [0, 0.1) is 0 Å². The van der Waals surface area contributed by atoms with Gasteiger partial charge in [-0.25, -0.2) is 0 Å². The standard InChI is InChI=1S/C14H14F3N7O/c1-2-23-6-9(4-18-23)7-24-8-10(5-19-24)20-13(25)11-3-12(22-21-11)14(15,16)17/h3-6,8H,2,7H2,1H3,(H,20,25)(H,21,22). The smallest absolute Gasteiger partial charge is 0.318 e. The second-order valence-corrected chi connectivity index (χ2v) is 5.25. The largest absolute Gasteiger partial charge is 0.432 e. The zero-order valence-corrected chi connectivity index (χ0v) is 13.1. The third-order valence-electron chi connectivity index (χ3n) is 3.36. The molecule has 3 aromatic heterocycles. The van der Waals surface area contributed by atoms with Crippen LogP contribution in [0.5, 0.6) is 0 Å². The summed E-state index contributed by atoms with van der Waals surface area (Å²) < 4.78 is 40.9. The van der Waals surface area contributed by atoms with E-state index in [0.717, 1.165) is 12.1 Å². The molecule has 0 atom stereocenters. The number of alkyl halides is 3. The van der Waals surface area contributed by atoms with E-state index in [1.54, 1.807) is 26.9 Å². The Labute approximate surface area is 139 Å². The van der Waals surface area contributed by atoms with Crippen molar-refractivity contribution in [3.8, 4) is 0 Å². The minimum Gasteiger partial charge on any atom is -0.318 e. The van der Waals surface area contributed by atoms with Gasteiger partial charge < -0.3 is 5.32 Å². The molecule has 1 amide bonds. The first-order valence-corrected chi connectivity index (χ1v) is 7.33. The maximum atomic E-state index is 12.5. The van der Waals surface area contributed by atoms with Gasteiger partial charge in [0.25, 0.3) is 5.91 Å². The van der Waals surface area contributed by atoms with E-state index in [-0.39, 0.29) is 5.69 Å². The predicted octanol–water partition coefficient (Wildman–Crippen LogP) is 2.14. The van der Waals surface area contributed by atoms with Crippen molar-refractivity contribution in [2.24, 2.45) is 0 Å². The number of carbonyl (C=O) groups is 1. The van der Waals surface area contributed by atoms with Gasteiger partial charge in [0.05, 0.1) is 24.6 Å². The van der Waals surface area contributed by atoms with E-state index in [9.17, 15) is 18.0 Å². The molecular formula is C14H14F3N7O. The van der Waals surface area contributed by atoms with E-state index in [1.807, 2.05) is 13.1 Å². The third kappa shape index (κ3) is 3.87. The van der Waals surface area contributed by atoms with E-state index < -0.39 is 17.8 Å². The van der Waals surface area contributed by atoms with Gasteiger partial charge in [0.1, 0.15) is 5.69 Å². The number of amides is 1. The van der Waals surface area contributed by atoms with Gasteiger partial charge in [-0.15, -0.1) is 0 Å². The molecule has 8 nitrogen and oxygen atoms in total. The Morgan fingerprint density at radius 1 is 1.24 bits per heavy atom. The van der Waals surface area contributed by atoms with Crippen LogP contribution in [0.25, 0.3) is 0 Å². The van der Waals surface area contributed by atoms with Gasteiger partial charge in [0.2, 0.25) is 0 Å². The van der Waals surface area contributed by atoms with Crippen molar-refractivity contribution in [1.82, 2.24) is 29.8 Å². The molecule has 0 aliphatic rings. The number of rotatable bonds is 5. The Kier molecular flexibility index (Phi) is 4.30. The second-order valence-electron chi connectivity index (χ2n) is 5.25. The van der Waals surface area contributed by atoms with Gasteiger partial charge in [-0.1, -0.05) is 0 Å². The predicted molar refractivity (Wildman–Crippen MR) is 80.8 cm³/mol. The number of hydrogen-bond acceptors (Lipinski definition) is 4. The first kappa shape index (κ1) is 16.7. The second kappa shape index (κ2) is 6.42. The highest BCUT2D eigenvalue weighted by Gasteiger charge is 2.33. The lowest BCUT2D eigenvalue weighted by Crippen LogP contribution is -2.12. The van der Waals surface area contributed by atoms with E-state index in [0.29, 0.717) is 18.3 Å². The van der Waals surface area contributed by atoms with Gasteiger partial charge in [0.15, 0.2) is 5.69 Å². The molecule has 0 saturated carbocycles. The fraction of sp³-hybridized carbons (Fsp3) is 0.286. The number of nitrogens with one attached hydrogen (secondary N) is 2. The van der Waals surface area contributed by atoms with E-state index in [4.69, 9.17) is 0 Å². The normalized spacial score (nSPS) is 11.7. The Balaban J connectivity index is 1.64. The molecule has 0 aromatic carbocycles. The highest BCUT2D eigenvalue weighted by molar-refractivity contribution is 6.02. The fourth-order valence-corrected chi connectivity index (χ4v) is 2.14. The molecule has 0 fully saturated rings. The number of H-pyrrole nitrogens is 1. The summed E-state index contributed by atoms with van der Waals surface area (Å²) in [7, 11) is 0. The quantitative estimate of drug-likeness (QED) is 0.735. The number of hydrogen-bond donors (Lipinski definition) is 2. The van der Waals surface area contributed by atoms with Crippen LogP contribution in [-0.2, 0) is 19.3 Å². The lowest BCUT2D eigenvalue weighted by Gasteiger charge is -2.00. The maximum absolute atomic E-state index is 12.5. The summed E-state index contributed by atoms with van der Waals surface area (Å²) in [6.45, 7) is 3.18. The van der Waals surface area contributed by atoms with Crippen molar-refractivity contribution in [2.45, 2.75) is 26.2 Å². The Hall–Kier alpha value is -3.11. The molecule has 3 rings (SSSR count). The Bertz CT molecular complexity index is 877. The van der Waals surface area contributed by atoms with Crippen LogP contribution in [0.15, 0.2) is 30.9 Å². The summed E-state index contributed by atoms with van der Waals surface area (Å²) in [6, 6.07) is 0.652. The molecule has 3 heterocycles. The zero-order chi connectivity index (χ0) is 18.0. The molecule has 0 unspecified atom stereocenters. The molecule has 25 heavy (non-hydrogen) atoms. The number of carbonyl (C=O) groups excluding carboxylic acids is 1. The number of aromatic nitrogens is 6. The SMILES string of the molecule is CCn1cc(Cn2cc(NC(=O)c3cc(C(F)(F)F)[nH]n3)cn2)cn1. The lowest BCUT2D eigenvalue weighted by atomic mass is 10.3. The topological polar surface area (TPSA) is 93.4 Å². The molecule has 0 saturated heterocycles. The minimum absolute atomic E-state index is 0.351. The van der Waals surface area contributed by atoms with Crippen LogP contribution in [0.4, 0.5) is 18.9 Å². The van der Waals surface area contributed by atoms with E-state index in [2.05, 4.69) is 20.6 Å². The van der Waals surface area contributed by atoms with Crippen molar-refractivity contribution < 1.29 is 18.0 Å². The van der Waals surface area contributed by atoms with Crippen LogP contribution in [-0.4, -0.2) is 35.7 Å². The molecule has 0 bridgehead atoms. The number of nitrogens with zero attached hydrogens (tertiary/aromatic N) is 5. The van der Waals surface area contributed by atoms with Crippen LogP contribution < -0.4 is 5.32 Å². The first-order valence-electron chi connectivity index (χ1n) is 7.33. The molecule has 0 aliphatic carbocycles. The monoisotopic (exact) mass is 353 g/mol. The number of aromatic amines is 1. The molecule has 0 radical (unpaired) electrons. The van der Waals surface area contributed by atoms with Gasteiger partial charge in [-0.2, -0.15) is 28.5 Å². The average molecular weight is 353 g/mol. The zero-order valence-electron chi connectivity index (χ0n) is 13.1. The molecule has 2 N–H and O–H groups in total. The Morgan fingerprint density at radius 2 is 2.00 bits per heavy atom. The highest BCUT2D eigenvalue weighted by Crippen LogP contribution is 2.27. The third-order valence-corrected chi connectivity index (χ3v) is 3.36. The number of anilines is 1. The van der Waals surface area contributed by atoms with Crippen LogP contribution in [0.1, 0.15) is 28.7 Å². The first-order chi connectivity index (χ1) is 11.8. The van der Waals surface area contributed by atoms with Gasteiger partial charge >= 0.3 is 6.18 Å². The van der Waals surface area contributed by atoms with Gasteiger partial charge in [-0.3, -0.25) is 19.3 Å². The summed E-state index contributed by atoms with van der Waals surface area (Å²) in [6.07, 6.45) is 1.98. The molecule has 0 aliphatic heterocycles. The average Bonchev–Trinajstić information content (AvgIpc) is 3.26. The highest BCUT2D eigenvalue weighted by atomic mass is 19.4. The summed E-state index contributed by atoms with van der Waals surface area (Å²) in [5.41, 5.74) is -0.153. The summed E-state index contributed by atoms with van der Waals surface area (Å²) in [5.74, 6) is -0.759. The van der Waals surface area contributed by atoms with E-state index >= 15 is 0 Å². The minimum atomic E-state index is -4.58. The molecule has 3 aromatic rings.